The molecule has 0 saturated carbocycles. The lowest BCUT2D eigenvalue weighted by Crippen LogP contribution is -2.41. The van der Waals surface area contributed by atoms with Gasteiger partial charge in [0.25, 0.3) is 0 Å². The highest BCUT2D eigenvalue weighted by atomic mass is 16.5. The van der Waals surface area contributed by atoms with Crippen LogP contribution >= 0.6 is 0 Å². The van der Waals surface area contributed by atoms with Crippen LogP contribution in [0.15, 0.2) is 11.1 Å². The molecule has 1 aliphatic rings. The van der Waals surface area contributed by atoms with Crippen molar-refractivity contribution in [3.63, 3.8) is 0 Å². The number of hydrogen-bond acceptors (Lipinski definition) is 3. The van der Waals surface area contributed by atoms with Gasteiger partial charge in [-0.1, -0.05) is 26.3 Å². The minimum Gasteiger partial charge on any atom is -0.392 e. The molecule has 2 atom stereocenters. The van der Waals surface area contributed by atoms with Crippen molar-refractivity contribution in [2.24, 2.45) is 5.41 Å². The molecule has 1 rings (SSSR count). The standard InChI is InChI=1S/C15H26O3/c1-5-15(3,4)14-13(10-17)11(2)9-12(18-14)7-6-8-16/h8,12,14,17H,5-7,9-10H2,1-4H3/t12-,14?/m0/s1. The molecule has 1 aliphatic heterocycles. The maximum Gasteiger partial charge on any atom is 0.120 e. The maximum absolute atomic E-state index is 10.5. The second-order valence-corrected chi connectivity index (χ2v) is 5.89. The summed E-state index contributed by atoms with van der Waals surface area (Å²) in [5.41, 5.74) is 2.27. The number of carbonyl (C=O) groups excluding carboxylic acids is 1. The summed E-state index contributed by atoms with van der Waals surface area (Å²) in [5.74, 6) is 0. The van der Waals surface area contributed by atoms with Crippen molar-refractivity contribution in [3.8, 4) is 0 Å². The minimum absolute atomic E-state index is 0.0131. The Morgan fingerprint density at radius 1 is 1.50 bits per heavy atom. The summed E-state index contributed by atoms with van der Waals surface area (Å²) in [4.78, 5) is 10.5. The quantitative estimate of drug-likeness (QED) is 0.585. The third kappa shape index (κ3) is 3.42. The molecular weight excluding hydrogens is 228 g/mol. The van der Waals surface area contributed by atoms with E-state index in [0.717, 1.165) is 31.1 Å². The van der Waals surface area contributed by atoms with Crippen LogP contribution < -0.4 is 0 Å². The van der Waals surface area contributed by atoms with Crippen LogP contribution in [0.3, 0.4) is 0 Å². The van der Waals surface area contributed by atoms with Gasteiger partial charge in [-0.15, -0.1) is 0 Å². The van der Waals surface area contributed by atoms with Crippen LogP contribution in [0.1, 0.15) is 53.4 Å². The predicted molar refractivity (Wildman–Crippen MR) is 72.4 cm³/mol. The van der Waals surface area contributed by atoms with E-state index in [9.17, 15) is 9.90 Å². The highest BCUT2D eigenvalue weighted by Crippen LogP contribution is 2.39. The molecule has 0 saturated heterocycles. The van der Waals surface area contributed by atoms with Gasteiger partial charge in [0.05, 0.1) is 18.8 Å². The van der Waals surface area contributed by atoms with Crippen molar-refractivity contribution < 1.29 is 14.6 Å². The molecular formula is C15H26O3. The zero-order chi connectivity index (χ0) is 13.8. The molecule has 0 aliphatic carbocycles. The number of hydrogen-bond donors (Lipinski definition) is 1. The molecule has 0 aromatic carbocycles. The van der Waals surface area contributed by atoms with E-state index in [1.165, 1.54) is 5.57 Å². The molecule has 0 spiro atoms. The lowest BCUT2D eigenvalue weighted by atomic mass is 9.77. The van der Waals surface area contributed by atoms with Gasteiger partial charge in [0.1, 0.15) is 6.29 Å². The molecule has 1 heterocycles. The Labute approximate surface area is 110 Å². The highest BCUT2D eigenvalue weighted by Gasteiger charge is 2.37. The van der Waals surface area contributed by atoms with Gasteiger partial charge in [-0.25, -0.2) is 0 Å². The van der Waals surface area contributed by atoms with E-state index in [-0.39, 0.29) is 24.2 Å². The fourth-order valence-electron chi connectivity index (χ4n) is 2.50. The summed E-state index contributed by atoms with van der Waals surface area (Å²) >= 11 is 0. The van der Waals surface area contributed by atoms with Crippen LogP contribution in [-0.2, 0) is 9.53 Å². The Bertz CT molecular complexity index is 318. The average Bonchev–Trinajstić information content (AvgIpc) is 2.35. The smallest absolute Gasteiger partial charge is 0.120 e. The fraction of sp³-hybridized carbons (Fsp3) is 0.800. The molecule has 0 radical (unpaired) electrons. The summed E-state index contributed by atoms with van der Waals surface area (Å²) in [5, 5.41) is 9.56. The first-order chi connectivity index (χ1) is 8.46. The van der Waals surface area contributed by atoms with Crippen molar-refractivity contribution in [1.82, 2.24) is 0 Å². The highest BCUT2D eigenvalue weighted by molar-refractivity contribution is 5.49. The van der Waals surface area contributed by atoms with Crippen molar-refractivity contribution in [2.45, 2.75) is 65.6 Å². The third-order valence-electron chi connectivity index (χ3n) is 4.12. The third-order valence-corrected chi connectivity index (χ3v) is 4.12. The van der Waals surface area contributed by atoms with Crippen molar-refractivity contribution in [1.29, 1.82) is 0 Å². The molecule has 104 valence electrons. The Kier molecular flexibility index (Phi) is 5.54. The van der Waals surface area contributed by atoms with E-state index in [4.69, 9.17) is 4.74 Å². The van der Waals surface area contributed by atoms with E-state index >= 15 is 0 Å². The van der Waals surface area contributed by atoms with Gasteiger partial charge in [0.2, 0.25) is 0 Å². The van der Waals surface area contributed by atoms with Gasteiger partial charge < -0.3 is 14.6 Å². The molecule has 1 N–H and O–H groups in total. The lowest BCUT2D eigenvalue weighted by Gasteiger charge is -2.41. The second-order valence-electron chi connectivity index (χ2n) is 5.89. The van der Waals surface area contributed by atoms with Gasteiger partial charge in [0.15, 0.2) is 0 Å². The van der Waals surface area contributed by atoms with Crippen molar-refractivity contribution in [3.05, 3.63) is 11.1 Å². The predicted octanol–water partition coefficient (Wildman–Crippen LogP) is 2.87. The fourth-order valence-corrected chi connectivity index (χ4v) is 2.50. The van der Waals surface area contributed by atoms with Gasteiger partial charge in [0, 0.05) is 6.42 Å². The molecule has 0 amide bonds. The van der Waals surface area contributed by atoms with Crippen LogP contribution in [0.5, 0.6) is 0 Å². The largest absolute Gasteiger partial charge is 0.392 e. The summed E-state index contributed by atoms with van der Waals surface area (Å²) < 4.78 is 6.14. The first-order valence-corrected chi connectivity index (χ1v) is 6.84. The van der Waals surface area contributed by atoms with E-state index < -0.39 is 0 Å². The number of aliphatic hydroxyl groups excluding tert-OH is 1. The minimum atomic E-state index is -0.0297. The normalized spacial score (nSPS) is 25.4. The first-order valence-electron chi connectivity index (χ1n) is 6.84. The molecule has 0 fully saturated rings. The number of carbonyl (C=O) groups is 1. The molecule has 0 bridgehead atoms. The number of aliphatic hydroxyl groups is 1. The zero-order valence-corrected chi connectivity index (χ0v) is 12.0. The molecule has 0 aromatic heterocycles. The molecule has 0 aromatic rings. The van der Waals surface area contributed by atoms with E-state index in [1.807, 2.05) is 0 Å². The molecule has 18 heavy (non-hydrogen) atoms. The van der Waals surface area contributed by atoms with E-state index in [0.29, 0.717) is 6.42 Å². The number of rotatable bonds is 6. The van der Waals surface area contributed by atoms with Crippen LogP contribution in [0.25, 0.3) is 0 Å². The van der Waals surface area contributed by atoms with Gasteiger partial charge in [-0.2, -0.15) is 0 Å². The van der Waals surface area contributed by atoms with Crippen molar-refractivity contribution >= 4 is 6.29 Å². The maximum atomic E-state index is 10.5. The van der Waals surface area contributed by atoms with Crippen LogP contribution in [0.2, 0.25) is 0 Å². The van der Waals surface area contributed by atoms with Crippen molar-refractivity contribution in [2.75, 3.05) is 6.61 Å². The Hall–Kier alpha value is -0.670. The van der Waals surface area contributed by atoms with Gasteiger partial charge in [-0.3, -0.25) is 0 Å². The first kappa shape index (κ1) is 15.4. The van der Waals surface area contributed by atoms with Crippen LogP contribution in [-0.4, -0.2) is 30.2 Å². The molecule has 1 unspecified atom stereocenters. The summed E-state index contributed by atoms with van der Waals surface area (Å²) in [6.45, 7) is 8.62. The monoisotopic (exact) mass is 254 g/mol. The Balaban J connectivity index is 2.91. The summed E-state index contributed by atoms with van der Waals surface area (Å²) in [6.07, 6.45) is 4.18. The topological polar surface area (TPSA) is 46.5 Å². The number of aldehydes is 1. The SMILES string of the molecule is CCC(C)(C)C1O[C@@H](CCC=O)CC(C)=C1CO. The van der Waals surface area contributed by atoms with Crippen LogP contribution in [0.4, 0.5) is 0 Å². The summed E-state index contributed by atoms with van der Waals surface area (Å²) in [6, 6.07) is 0. The molecule has 3 nitrogen and oxygen atoms in total. The van der Waals surface area contributed by atoms with E-state index in [1.54, 1.807) is 0 Å². The summed E-state index contributed by atoms with van der Waals surface area (Å²) in [7, 11) is 0. The second kappa shape index (κ2) is 6.48. The number of ether oxygens (including phenoxy) is 1. The van der Waals surface area contributed by atoms with Crippen LogP contribution in [0, 0.1) is 5.41 Å². The Morgan fingerprint density at radius 3 is 2.67 bits per heavy atom. The lowest BCUT2D eigenvalue weighted by molar-refractivity contribution is -0.110. The Morgan fingerprint density at radius 2 is 2.17 bits per heavy atom. The zero-order valence-electron chi connectivity index (χ0n) is 12.0. The molecule has 3 heteroatoms. The van der Waals surface area contributed by atoms with E-state index in [2.05, 4.69) is 27.7 Å². The van der Waals surface area contributed by atoms with Gasteiger partial charge >= 0.3 is 0 Å². The average molecular weight is 254 g/mol. The van der Waals surface area contributed by atoms with Gasteiger partial charge in [-0.05, 0) is 37.2 Å².